The zero-order valence-electron chi connectivity index (χ0n) is 16.0. The highest BCUT2D eigenvalue weighted by Gasteiger charge is 2.34. The van der Waals surface area contributed by atoms with Crippen LogP contribution < -0.4 is 4.74 Å². The van der Waals surface area contributed by atoms with Crippen LogP contribution in [0.1, 0.15) is 16.7 Å². The molecule has 0 N–H and O–H groups in total. The molecule has 1 aliphatic rings. The number of halogens is 1. The molecule has 0 spiro atoms. The minimum Gasteiger partial charge on any atom is -0.489 e. The van der Waals surface area contributed by atoms with Crippen molar-refractivity contribution >= 4 is 44.9 Å². The average molecular weight is 480 g/mol. The second-order valence-electron chi connectivity index (χ2n) is 6.74. The molecule has 3 aromatic carbocycles. The van der Waals surface area contributed by atoms with Gasteiger partial charge < -0.3 is 4.74 Å². The molecule has 2 amide bonds. The van der Waals surface area contributed by atoms with Crippen molar-refractivity contribution < 1.29 is 14.3 Å². The molecule has 0 aromatic heterocycles. The Bertz CT molecular complexity index is 1080. The zero-order chi connectivity index (χ0) is 20.9. The Morgan fingerprint density at radius 1 is 0.867 bits per heavy atom. The minimum absolute atomic E-state index is 0.246. The molecular weight excluding hydrogens is 462 g/mol. The van der Waals surface area contributed by atoms with E-state index in [9.17, 15) is 9.59 Å². The predicted octanol–water partition coefficient (Wildman–Crippen LogP) is 6.26. The second-order valence-corrected chi connectivity index (χ2v) is 8.65. The van der Waals surface area contributed by atoms with Crippen molar-refractivity contribution in [2.45, 2.75) is 13.2 Å². The van der Waals surface area contributed by atoms with Crippen LogP contribution in [-0.2, 0) is 17.9 Å². The number of nitrogens with zero attached hydrogens (tertiary/aromatic N) is 1. The number of benzene rings is 3. The zero-order valence-corrected chi connectivity index (χ0v) is 18.4. The molecule has 1 heterocycles. The third-order valence-corrected chi connectivity index (χ3v) is 5.99. The number of carbonyl (C=O) groups is 2. The van der Waals surface area contributed by atoms with Crippen LogP contribution in [0.3, 0.4) is 0 Å². The molecule has 150 valence electrons. The average Bonchev–Trinajstić information content (AvgIpc) is 3.02. The summed E-state index contributed by atoms with van der Waals surface area (Å²) in [5.74, 6) is 0.483. The lowest BCUT2D eigenvalue weighted by Gasteiger charge is -2.12. The lowest BCUT2D eigenvalue weighted by atomic mass is 10.2. The molecule has 6 heteroatoms. The maximum atomic E-state index is 12.7. The molecule has 1 saturated heterocycles. The Kier molecular flexibility index (Phi) is 6.35. The first-order chi connectivity index (χ1) is 14.6. The molecule has 0 bridgehead atoms. The Labute approximate surface area is 187 Å². The number of ether oxygens (including phenoxy) is 1. The molecule has 1 aliphatic heterocycles. The first-order valence-corrected chi connectivity index (χ1v) is 11.0. The number of amides is 2. The summed E-state index contributed by atoms with van der Waals surface area (Å²) in [4.78, 5) is 26.7. The fourth-order valence-electron chi connectivity index (χ4n) is 2.96. The monoisotopic (exact) mass is 479 g/mol. The summed E-state index contributed by atoms with van der Waals surface area (Å²) in [6.45, 7) is 0.761. The highest BCUT2D eigenvalue weighted by Crippen LogP contribution is 2.33. The number of hydrogen-bond donors (Lipinski definition) is 0. The van der Waals surface area contributed by atoms with E-state index in [1.165, 1.54) is 4.90 Å². The number of rotatable bonds is 6. The number of imide groups is 1. The van der Waals surface area contributed by atoms with Gasteiger partial charge in [0.05, 0.1) is 11.4 Å². The fourth-order valence-corrected chi connectivity index (χ4v) is 4.06. The van der Waals surface area contributed by atoms with Crippen LogP contribution in [-0.4, -0.2) is 16.0 Å². The van der Waals surface area contributed by atoms with E-state index >= 15 is 0 Å². The quantitative estimate of drug-likeness (QED) is 0.391. The van der Waals surface area contributed by atoms with E-state index in [0.717, 1.165) is 38.7 Å². The fraction of sp³-hybridized carbons (Fsp3) is 0.0833. The van der Waals surface area contributed by atoms with Crippen LogP contribution in [0, 0.1) is 0 Å². The Balaban J connectivity index is 1.40. The van der Waals surface area contributed by atoms with Crippen molar-refractivity contribution in [3.05, 3.63) is 105 Å². The number of thioether (sulfide) groups is 1. The summed E-state index contributed by atoms with van der Waals surface area (Å²) in [6, 6.07) is 24.9. The minimum atomic E-state index is -0.260. The van der Waals surface area contributed by atoms with E-state index in [2.05, 4.69) is 15.9 Å². The molecule has 1 fully saturated rings. The van der Waals surface area contributed by atoms with Gasteiger partial charge in [-0.2, -0.15) is 0 Å². The van der Waals surface area contributed by atoms with E-state index in [1.54, 1.807) is 6.08 Å². The van der Waals surface area contributed by atoms with Crippen molar-refractivity contribution in [2.75, 3.05) is 0 Å². The van der Waals surface area contributed by atoms with Crippen LogP contribution in [0.25, 0.3) is 6.08 Å². The van der Waals surface area contributed by atoms with Gasteiger partial charge in [-0.1, -0.05) is 70.5 Å². The maximum Gasteiger partial charge on any atom is 0.293 e. The van der Waals surface area contributed by atoms with E-state index in [4.69, 9.17) is 4.74 Å². The van der Waals surface area contributed by atoms with Crippen LogP contribution >= 0.6 is 27.7 Å². The topological polar surface area (TPSA) is 46.6 Å². The van der Waals surface area contributed by atoms with Gasteiger partial charge in [0.1, 0.15) is 12.4 Å². The molecule has 0 unspecified atom stereocenters. The highest BCUT2D eigenvalue weighted by molar-refractivity contribution is 9.10. The molecule has 0 aliphatic carbocycles. The highest BCUT2D eigenvalue weighted by atomic mass is 79.9. The summed E-state index contributed by atoms with van der Waals surface area (Å²) in [5.41, 5.74) is 2.85. The summed E-state index contributed by atoms with van der Waals surface area (Å²) in [7, 11) is 0. The van der Waals surface area contributed by atoms with Gasteiger partial charge in [-0.3, -0.25) is 14.5 Å². The molecule has 0 radical (unpaired) electrons. The van der Waals surface area contributed by atoms with Crippen LogP contribution in [0.5, 0.6) is 5.75 Å². The molecule has 0 saturated carbocycles. The van der Waals surface area contributed by atoms with Crippen LogP contribution in [0.2, 0.25) is 0 Å². The van der Waals surface area contributed by atoms with Crippen LogP contribution in [0.4, 0.5) is 4.79 Å². The lowest BCUT2D eigenvalue weighted by molar-refractivity contribution is -0.123. The van der Waals surface area contributed by atoms with Crippen molar-refractivity contribution in [1.29, 1.82) is 0 Å². The summed E-state index contributed by atoms with van der Waals surface area (Å²) >= 11 is 4.39. The Morgan fingerprint density at radius 3 is 2.27 bits per heavy atom. The van der Waals surface area contributed by atoms with Crippen molar-refractivity contribution in [3.63, 3.8) is 0 Å². The third-order valence-electron chi connectivity index (χ3n) is 4.55. The summed E-state index contributed by atoms with van der Waals surface area (Å²) < 4.78 is 6.84. The second kappa shape index (κ2) is 9.32. The van der Waals surface area contributed by atoms with E-state index in [0.29, 0.717) is 11.5 Å². The van der Waals surface area contributed by atoms with Crippen molar-refractivity contribution in [2.24, 2.45) is 0 Å². The van der Waals surface area contributed by atoms with Gasteiger partial charge in [-0.15, -0.1) is 0 Å². The van der Waals surface area contributed by atoms with E-state index in [-0.39, 0.29) is 17.7 Å². The van der Waals surface area contributed by atoms with Gasteiger partial charge in [-0.25, -0.2) is 0 Å². The number of hydrogen-bond acceptors (Lipinski definition) is 4. The lowest BCUT2D eigenvalue weighted by Crippen LogP contribution is -2.27. The standard InChI is InChI=1S/C24H18BrNO3S/c25-20-10-6-19(7-11-20)16-29-21-12-8-17(9-13-21)14-22-23(27)26(24(28)30-22)15-18-4-2-1-3-5-18/h1-14H,15-16H2/b22-14-. The maximum absolute atomic E-state index is 12.7. The van der Waals surface area contributed by atoms with Crippen molar-refractivity contribution in [1.82, 2.24) is 4.90 Å². The molecular formula is C24H18BrNO3S. The third kappa shape index (κ3) is 5.01. The van der Waals surface area contributed by atoms with Crippen LogP contribution in [0.15, 0.2) is 88.2 Å². The first kappa shape index (κ1) is 20.4. The predicted molar refractivity (Wildman–Crippen MR) is 123 cm³/mol. The largest absolute Gasteiger partial charge is 0.489 e. The van der Waals surface area contributed by atoms with Gasteiger partial charge in [-0.05, 0) is 58.8 Å². The molecule has 4 rings (SSSR count). The SMILES string of the molecule is O=C1S/C(=C\c2ccc(OCc3ccc(Br)cc3)cc2)C(=O)N1Cc1ccccc1. The summed E-state index contributed by atoms with van der Waals surface area (Å²) in [6.07, 6.45) is 1.74. The normalized spacial score (nSPS) is 15.1. The van der Waals surface area contributed by atoms with Gasteiger partial charge in [0.25, 0.3) is 11.1 Å². The van der Waals surface area contributed by atoms with Gasteiger partial charge >= 0.3 is 0 Å². The van der Waals surface area contributed by atoms with Gasteiger partial charge in [0.2, 0.25) is 0 Å². The summed E-state index contributed by atoms with van der Waals surface area (Å²) in [5, 5.41) is -0.246. The van der Waals surface area contributed by atoms with E-state index < -0.39 is 0 Å². The van der Waals surface area contributed by atoms with E-state index in [1.807, 2.05) is 78.9 Å². The number of carbonyl (C=O) groups excluding carboxylic acids is 2. The van der Waals surface area contributed by atoms with Crippen molar-refractivity contribution in [3.8, 4) is 5.75 Å². The Morgan fingerprint density at radius 2 is 1.57 bits per heavy atom. The van der Waals surface area contributed by atoms with Gasteiger partial charge in [0.15, 0.2) is 0 Å². The van der Waals surface area contributed by atoms with Gasteiger partial charge in [0, 0.05) is 4.47 Å². The molecule has 30 heavy (non-hydrogen) atoms. The smallest absolute Gasteiger partial charge is 0.293 e. The Hall–Kier alpha value is -2.83. The molecule has 0 atom stereocenters. The molecule has 4 nitrogen and oxygen atoms in total. The first-order valence-electron chi connectivity index (χ1n) is 9.35. The molecule has 3 aromatic rings.